The number of carbonyl (C=O) groups excluding carboxylic acids is 3. The number of rotatable bonds is 7. The summed E-state index contributed by atoms with van der Waals surface area (Å²) >= 11 is 1.20. The standard InChI is InChI=1S/C18H18N2O9S2.2Na.2H/c1-9(21)29-7-11-8-30-17-14(16(23)20(17)15(11)18(24)25)19-13(22)6-10-4-2-3-5-12(10)31(26,27)28;;;;/h2-5,14,17H,6-8H2,1H3,(H,19,22)(H,24,25)(H,26,27,28);;;;/t14-,17-;;;;/m1..../s1. The van der Waals surface area contributed by atoms with Crippen LogP contribution in [0.25, 0.3) is 0 Å². The van der Waals surface area contributed by atoms with Crippen LogP contribution in [0.3, 0.4) is 0 Å². The van der Waals surface area contributed by atoms with Crippen molar-refractivity contribution in [3.63, 3.8) is 0 Å². The zero-order chi connectivity index (χ0) is 22.9. The van der Waals surface area contributed by atoms with E-state index >= 15 is 0 Å². The Labute approximate surface area is 238 Å². The van der Waals surface area contributed by atoms with E-state index in [9.17, 15) is 37.3 Å². The summed E-state index contributed by atoms with van der Waals surface area (Å²) in [4.78, 5) is 48.3. The van der Waals surface area contributed by atoms with Gasteiger partial charge in [-0.15, -0.1) is 11.8 Å². The second-order valence-corrected chi connectivity index (χ2v) is 9.25. The van der Waals surface area contributed by atoms with E-state index in [2.05, 4.69) is 5.32 Å². The summed E-state index contributed by atoms with van der Waals surface area (Å²) in [5, 5.41) is 11.3. The van der Waals surface area contributed by atoms with E-state index in [-0.39, 0.29) is 88.3 Å². The molecule has 0 unspecified atom stereocenters. The molecule has 170 valence electrons. The van der Waals surface area contributed by atoms with Gasteiger partial charge in [0.05, 0.1) is 11.3 Å². The van der Waals surface area contributed by atoms with E-state index in [1.165, 1.54) is 36.9 Å². The van der Waals surface area contributed by atoms with Crippen LogP contribution in [0.4, 0.5) is 0 Å². The average molecular weight is 518 g/mol. The predicted octanol–water partition coefficient (Wildman–Crippen LogP) is -1.52. The van der Waals surface area contributed by atoms with Crippen LogP contribution in [-0.2, 0) is 40.5 Å². The van der Waals surface area contributed by atoms with Crippen molar-refractivity contribution in [2.75, 3.05) is 12.4 Å². The Hall–Kier alpha value is -0.900. The average Bonchev–Trinajstić information content (AvgIpc) is 2.69. The molecule has 0 saturated carbocycles. The van der Waals surface area contributed by atoms with Crippen molar-refractivity contribution in [2.45, 2.75) is 29.7 Å². The van der Waals surface area contributed by atoms with Gasteiger partial charge in [-0.2, -0.15) is 8.42 Å². The zero-order valence-electron chi connectivity index (χ0n) is 16.1. The summed E-state index contributed by atoms with van der Waals surface area (Å²) in [6.07, 6.45) is -0.406. The van der Waals surface area contributed by atoms with Gasteiger partial charge in [0.1, 0.15) is 23.7 Å². The van der Waals surface area contributed by atoms with Crippen LogP contribution in [0, 0.1) is 0 Å². The first-order chi connectivity index (χ1) is 14.5. The SMILES string of the molecule is CC(=O)OCC1=C(C(=O)O)N2C(=O)[C@@H](NC(=O)Cc3ccccc3S(=O)(=O)O)[C@H]2SC1.[NaH].[NaH]. The molecule has 11 nitrogen and oxygen atoms in total. The van der Waals surface area contributed by atoms with Crippen molar-refractivity contribution < 1.29 is 42.0 Å². The number of carboxylic acid groups (broad SMARTS) is 1. The van der Waals surface area contributed by atoms with Crippen molar-refractivity contribution in [3.8, 4) is 0 Å². The Bertz CT molecular complexity index is 1110. The number of carboxylic acids is 1. The molecule has 0 spiro atoms. The van der Waals surface area contributed by atoms with Gasteiger partial charge in [-0.1, -0.05) is 18.2 Å². The van der Waals surface area contributed by atoms with Crippen LogP contribution >= 0.6 is 11.8 Å². The molecule has 1 fully saturated rings. The number of amides is 2. The van der Waals surface area contributed by atoms with Gasteiger partial charge in [-0.25, -0.2) is 4.79 Å². The molecular weight excluding hydrogens is 498 g/mol. The fraction of sp³-hybridized carbons (Fsp3) is 0.333. The molecule has 33 heavy (non-hydrogen) atoms. The van der Waals surface area contributed by atoms with Crippen LogP contribution in [0.15, 0.2) is 40.4 Å². The van der Waals surface area contributed by atoms with Gasteiger partial charge in [-0.05, 0) is 11.6 Å². The monoisotopic (exact) mass is 518 g/mol. The normalized spacial score (nSPS) is 19.3. The zero-order valence-corrected chi connectivity index (χ0v) is 17.7. The Morgan fingerprint density at radius 2 is 1.88 bits per heavy atom. The minimum absolute atomic E-state index is 0. The quantitative estimate of drug-likeness (QED) is 0.167. The number of hydrogen-bond donors (Lipinski definition) is 3. The third-order valence-electron chi connectivity index (χ3n) is 4.62. The van der Waals surface area contributed by atoms with Crippen molar-refractivity contribution in [1.29, 1.82) is 0 Å². The molecule has 2 amide bonds. The first-order valence-electron chi connectivity index (χ1n) is 8.88. The number of ether oxygens (including phenoxy) is 1. The van der Waals surface area contributed by atoms with Crippen LogP contribution < -0.4 is 5.32 Å². The molecule has 1 saturated heterocycles. The summed E-state index contributed by atoms with van der Waals surface area (Å²) in [6.45, 7) is 0.921. The number of benzene rings is 1. The first-order valence-corrected chi connectivity index (χ1v) is 11.4. The molecule has 2 heterocycles. The molecule has 15 heteroatoms. The van der Waals surface area contributed by atoms with Crippen LogP contribution in [0.2, 0.25) is 0 Å². The Kier molecular flexibility index (Phi) is 11.1. The third kappa shape index (κ3) is 6.83. The molecular formula is C18H20N2Na2O9S2. The Balaban J connectivity index is 0.00000272. The minimum atomic E-state index is -4.53. The molecule has 2 atom stereocenters. The number of esters is 1. The molecule has 0 aromatic heterocycles. The summed E-state index contributed by atoms with van der Waals surface area (Å²) < 4.78 is 37.1. The van der Waals surface area contributed by atoms with E-state index in [0.29, 0.717) is 0 Å². The van der Waals surface area contributed by atoms with E-state index < -0.39 is 56.6 Å². The van der Waals surface area contributed by atoms with E-state index in [1.54, 1.807) is 0 Å². The molecule has 1 aromatic carbocycles. The van der Waals surface area contributed by atoms with Gasteiger partial charge in [0.2, 0.25) is 5.91 Å². The molecule has 0 aliphatic carbocycles. The second kappa shape index (κ2) is 12.2. The summed E-state index contributed by atoms with van der Waals surface area (Å²) in [5.74, 6) is -3.07. The summed E-state index contributed by atoms with van der Waals surface area (Å²) in [6, 6.07) is 4.40. The number of hydrogen-bond acceptors (Lipinski definition) is 8. The molecule has 2 aliphatic heterocycles. The van der Waals surface area contributed by atoms with Gasteiger partial charge in [0.15, 0.2) is 0 Å². The number of nitrogens with zero attached hydrogens (tertiary/aromatic N) is 1. The Morgan fingerprint density at radius 1 is 1.24 bits per heavy atom. The Morgan fingerprint density at radius 3 is 2.45 bits per heavy atom. The number of fused-ring (bicyclic) bond motifs is 1. The summed E-state index contributed by atoms with van der Waals surface area (Å²) in [7, 11) is -4.53. The van der Waals surface area contributed by atoms with Gasteiger partial charge < -0.3 is 15.2 Å². The fourth-order valence-electron chi connectivity index (χ4n) is 3.28. The summed E-state index contributed by atoms with van der Waals surface area (Å²) in [5.41, 5.74) is 0.0404. The fourth-order valence-corrected chi connectivity index (χ4v) is 5.33. The second-order valence-electron chi connectivity index (χ2n) is 6.75. The molecule has 3 N–H and O–H groups in total. The topological polar surface area (TPSA) is 167 Å². The molecule has 1 aromatic rings. The van der Waals surface area contributed by atoms with Gasteiger partial charge >= 0.3 is 71.1 Å². The van der Waals surface area contributed by atoms with E-state index in [0.717, 1.165) is 11.0 Å². The predicted molar refractivity (Wildman–Crippen MR) is 121 cm³/mol. The maximum absolute atomic E-state index is 12.6. The number of nitrogens with one attached hydrogen (secondary N) is 1. The number of thioether (sulfide) groups is 1. The number of β-lactam (4-membered cyclic amide) rings is 1. The molecule has 2 aliphatic rings. The first kappa shape index (κ1) is 30.1. The molecule has 3 rings (SSSR count). The van der Waals surface area contributed by atoms with Crippen LogP contribution in [-0.4, -0.2) is 130 Å². The third-order valence-corrected chi connectivity index (χ3v) is 6.91. The van der Waals surface area contributed by atoms with E-state index in [1.807, 2.05) is 0 Å². The van der Waals surface area contributed by atoms with Crippen LogP contribution in [0.5, 0.6) is 0 Å². The van der Waals surface area contributed by atoms with Gasteiger partial charge in [0, 0.05) is 18.2 Å². The van der Waals surface area contributed by atoms with Crippen LogP contribution in [0.1, 0.15) is 12.5 Å². The van der Waals surface area contributed by atoms with Gasteiger partial charge in [-0.3, -0.25) is 23.8 Å². The van der Waals surface area contributed by atoms with Gasteiger partial charge in [0.25, 0.3) is 16.0 Å². The maximum atomic E-state index is 12.6. The van der Waals surface area contributed by atoms with E-state index in [4.69, 9.17) is 4.74 Å². The van der Waals surface area contributed by atoms with Crippen molar-refractivity contribution in [2.24, 2.45) is 0 Å². The molecule has 0 bridgehead atoms. The van der Waals surface area contributed by atoms with Crippen molar-refractivity contribution in [3.05, 3.63) is 41.1 Å². The van der Waals surface area contributed by atoms with Crippen molar-refractivity contribution in [1.82, 2.24) is 10.2 Å². The number of aliphatic carboxylic acids is 1. The molecule has 0 radical (unpaired) electrons. The number of carbonyl (C=O) groups is 4. The van der Waals surface area contributed by atoms with Crippen molar-refractivity contribution >= 4 is 105 Å².